The molecule has 0 saturated heterocycles. The van der Waals surface area contributed by atoms with Gasteiger partial charge in [0.1, 0.15) is 12.0 Å². The highest BCUT2D eigenvalue weighted by molar-refractivity contribution is 5.89. The summed E-state index contributed by atoms with van der Waals surface area (Å²) in [5.74, 6) is 0. The van der Waals surface area contributed by atoms with E-state index in [1.54, 1.807) is 6.20 Å². The minimum Gasteiger partial charge on any atom is -0.346 e. The van der Waals surface area contributed by atoms with E-state index in [2.05, 4.69) is 31.0 Å². The van der Waals surface area contributed by atoms with Gasteiger partial charge in [-0.3, -0.25) is 4.68 Å². The maximum Gasteiger partial charge on any atom is 0.234 e. The molecule has 7 nitrogen and oxygen atoms in total. The highest BCUT2D eigenvalue weighted by Crippen LogP contribution is 2.51. The normalized spacial score (nSPS) is 25.8. The first-order valence-corrected chi connectivity index (χ1v) is 7.68. The second-order valence-corrected chi connectivity index (χ2v) is 6.66. The van der Waals surface area contributed by atoms with Gasteiger partial charge >= 0.3 is 0 Å². The van der Waals surface area contributed by atoms with Crippen LogP contribution in [-0.2, 0) is 5.54 Å². The summed E-state index contributed by atoms with van der Waals surface area (Å²) in [5.41, 5.74) is 1.69. The molecule has 1 saturated carbocycles. The summed E-state index contributed by atoms with van der Waals surface area (Å²) in [6, 6.07) is 4.19. The molecule has 0 atom stereocenters. The van der Waals surface area contributed by atoms with Gasteiger partial charge in [-0.15, -0.1) is 0 Å². The van der Waals surface area contributed by atoms with Crippen molar-refractivity contribution in [2.24, 2.45) is 0 Å². The third-order valence-electron chi connectivity index (χ3n) is 4.79. The van der Waals surface area contributed by atoms with Gasteiger partial charge in [0.25, 0.3) is 0 Å². The van der Waals surface area contributed by atoms with Crippen LogP contribution in [0.1, 0.15) is 26.2 Å². The second-order valence-electron chi connectivity index (χ2n) is 6.66. The average Bonchev–Trinajstić information content (AvgIpc) is 3.22. The van der Waals surface area contributed by atoms with E-state index in [1.807, 2.05) is 30.1 Å². The lowest BCUT2D eigenvalue weighted by Gasteiger charge is -2.46. The number of nitrogens with zero attached hydrogens (tertiary/aromatic N) is 6. The Bertz CT molecular complexity index is 992. The van der Waals surface area contributed by atoms with Crippen LogP contribution < -0.4 is 0 Å². The van der Waals surface area contributed by atoms with E-state index in [-0.39, 0.29) is 0 Å². The number of H-pyrrole nitrogens is 1. The van der Waals surface area contributed by atoms with Crippen LogP contribution in [0.5, 0.6) is 0 Å². The molecule has 3 aromatic rings. The highest BCUT2D eigenvalue weighted by atomic mass is 15.3. The van der Waals surface area contributed by atoms with Crippen molar-refractivity contribution in [3.05, 3.63) is 42.4 Å². The molecule has 1 aliphatic rings. The summed E-state index contributed by atoms with van der Waals surface area (Å²) in [5, 5.41) is 14.6. The van der Waals surface area contributed by atoms with E-state index >= 15 is 0 Å². The second kappa shape index (κ2) is 4.90. The summed E-state index contributed by atoms with van der Waals surface area (Å²) in [7, 11) is 0. The third-order valence-corrected chi connectivity index (χ3v) is 4.79. The van der Waals surface area contributed by atoms with Gasteiger partial charge in [-0.2, -0.15) is 10.4 Å². The maximum absolute atomic E-state index is 9.22. The van der Waals surface area contributed by atoms with Crippen molar-refractivity contribution >= 4 is 11.0 Å². The molecule has 4 rings (SSSR count). The summed E-state index contributed by atoms with van der Waals surface area (Å²) in [6.45, 7) is 9.27. The van der Waals surface area contributed by atoms with Gasteiger partial charge in [-0.1, -0.05) is 0 Å². The van der Waals surface area contributed by atoms with Crippen LogP contribution in [0.4, 0.5) is 0 Å². The molecule has 3 aromatic heterocycles. The summed E-state index contributed by atoms with van der Waals surface area (Å²) in [6.07, 6.45) is 8.68. The van der Waals surface area contributed by atoms with Crippen LogP contribution in [0.15, 0.2) is 31.0 Å². The first-order chi connectivity index (χ1) is 11.6. The van der Waals surface area contributed by atoms with E-state index in [4.69, 9.17) is 6.57 Å². The molecule has 0 bridgehead atoms. The zero-order valence-electron chi connectivity index (χ0n) is 13.2. The molecule has 3 heterocycles. The molecular formula is C17H15N7. The van der Waals surface area contributed by atoms with Crippen molar-refractivity contribution in [2.75, 3.05) is 0 Å². The number of rotatable bonds is 3. The van der Waals surface area contributed by atoms with Gasteiger partial charge in [-0.25, -0.2) is 16.5 Å². The largest absolute Gasteiger partial charge is 0.346 e. The molecule has 0 spiro atoms. The molecule has 1 N–H and O–H groups in total. The molecule has 1 fully saturated rings. The van der Waals surface area contributed by atoms with E-state index < -0.39 is 11.1 Å². The highest BCUT2D eigenvalue weighted by Gasteiger charge is 2.59. The molecule has 24 heavy (non-hydrogen) atoms. The molecule has 0 unspecified atom stereocenters. The first kappa shape index (κ1) is 14.4. The Hall–Kier alpha value is -3.19. The van der Waals surface area contributed by atoms with Crippen LogP contribution >= 0.6 is 0 Å². The topological polar surface area (TPSA) is 87.5 Å². The Balaban J connectivity index is 1.74. The van der Waals surface area contributed by atoms with Crippen molar-refractivity contribution in [1.82, 2.24) is 24.7 Å². The lowest BCUT2D eigenvalue weighted by atomic mass is 9.62. The lowest BCUT2D eigenvalue weighted by molar-refractivity contribution is 0.0659. The summed E-state index contributed by atoms with van der Waals surface area (Å²) >= 11 is 0. The van der Waals surface area contributed by atoms with Gasteiger partial charge in [0.05, 0.1) is 42.8 Å². The van der Waals surface area contributed by atoms with Gasteiger partial charge in [0, 0.05) is 30.3 Å². The molecular weight excluding hydrogens is 302 g/mol. The van der Waals surface area contributed by atoms with Crippen molar-refractivity contribution in [2.45, 2.75) is 37.3 Å². The van der Waals surface area contributed by atoms with Crippen LogP contribution in [0.2, 0.25) is 0 Å². The first-order valence-electron chi connectivity index (χ1n) is 7.68. The fourth-order valence-corrected chi connectivity index (χ4v) is 3.77. The minimum absolute atomic E-state index is 0.350. The predicted molar refractivity (Wildman–Crippen MR) is 87.6 cm³/mol. The Morgan fingerprint density at radius 2 is 2.29 bits per heavy atom. The number of aromatic amines is 1. The number of aromatic nitrogens is 5. The Labute approximate surface area is 138 Å². The average molecular weight is 317 g/mol. The standard InChI is InChI=1S/C17H15N7/c1-16(19-2)9-17(10-16,4-5-18)24-8-12(7-23-24)14-13-3-6-20-15(13)22-11-21-14/h3,6-8,11H,4,9-10H2,1H3,(H,20,21,22). The zero-order chi connectivity index (χ0) is 16.8. The SMILES string of the molecule is [C-]#[N+]C1(C)CC(CC#N)(n2cc(-c3ncnc4[nH]ccc34)cn2)C1. The number of nitrogens with one attached hydrogen (secondary N) is 1. The van der Waals surface area contributed by atoms with Crippen LogP contribution in [0, 0.1) is 17.9 Å². The number of hydrogen-bond acceptors (Lipinski definition) is 4. The molecule has 0 amide bonds. The number of nitriles is 1. The van der Waals surface area contributed by atoms with Gasteiger partial charge in [-0.05, 0) is 6.07 Å². The van der Waals surface area contributed by atoms with Crippen LogP contribution in [-0.4, -0.2) is 30.3 Å². The van der Waals surface area contributed by atoms with Gasteiger partial charge in [0.2, 0.25) is 5.54 Å². The maximum atomic E-state index is 9.22. The number of fused-ring (bicyclic) bond motifs is 1. The molecule has 0 aliphatic heterocycles. The summed E-state index contributed by atoms with van der Waals surface area (Å²) < 4.78 is 1.85. The van der Waals surface area contributed by atoms with Crippen molar-refractivity contribution in [3.63, 3.8) is 0 Å². The molecule has 0 aromatic carbocycles. The van der Waals surface area contributed by atoms with Crippen molar-refractivity contribution in [3.8, 4) is 17.3 Å². The predicted octanol–water partition coefficient (Wildman–Crippen LogP) is 2.90. The third kappa shape index (κ3) is 1.99. The Morgan fingerprint density at radius 1 is 1.46 bits per heavy atom. The van der Waals surface area contributed by atoms with Gasteiger partial charge in [0.15, 0.2) is 0 Å². The molecule has 118 valence electrons. The number of hydrogen-bond donors (Lipinski definition) is 1. The minimum atomic E-state index is -0.397. The van der Waals surface area contributed by atoms with Crippen molar-refractivity contribution < 1.29 is 0 Å². The van der Waals surface area contributed by atoms with E-state index in [1.165, 1.54) is 6.33 Å². The summed E-state index contributed by atoms with van der Waals surface area (Å²) in [4.78, 5) is 15.4. The molecule has 1 aliphatic carbocycles. The monoisotopic (exact) mass is 317 g/mol. The van der Waals surface area contributed by atoms with Crippen LogP contribution in [0.3, 0.4) is 0 Å². The Kier molecular flexibility index (Phi) is 2.94. The van der Waals surface area contributed by atoms with E-state index in [0.717, 1.165) is 22.3 Å². The zero-order valence-corrected chi connectivity index (χ0v) is 13.2. The smallest absolute Gasteiger partial charge is 0.234 e. The van der Waals surface area contributed by atoms with E-state index in [9.17, 15) is 5.26 Å². The lowest BCUT2D eigenvalue weighted by Crippen LogP contribution is -2.54. The molecule has 7 heteroatoms. The Morgan fingerprint density at radius 3 is 3.04 bits per heavy atom. The van der Waals surface area contributed by atoms with E-state index in [0.29, 0.717) is 19.3 Å². The molecule has 0 radical (unpaired) electrons. The fourth-order valence-electron chi connectivity index (χ4n) is 3.77. The van der Waals surface area contributed by atoms with Crippen molar-refractivity contribution in [1.29, 1.82) is 5.26 Å². The quantitative estimate of drug-likeness (QED) is 0.752. The van der Waals surface area contributed by atoms with Gasteiger partial charge < -0.3 is 9.83 Å². The fraction of sp³-hybridized carbons (Fsp3) is 0.353. The van der Waals surface area contributed by atoms with Crippen LogP contribution in [0.25, 0.3) is 27.1 Å².